The number of hydrogen-bond donors (Lipinski definition) is 2. The molecule has 112 valence electrons. The normalized spacial score (nSPS) is 16.8. The third-order valence-corrected chi connectivity index (χ3v) is 5.14. The van der Waals surface area contributed by atoms with Gasteiger partial charge in [0.25, 0.3) is 0 Å². The van der Waals surface area contributed by atoms with Gasteiger partial charge >= 0.3 is 10.2 Å². The van der Waals surface area contributed by atoms with Crippen LogP contribution in [0.3, 0.4) is 0 Å². The molecular weight excluding hydrogens is 288 g/mol. The standard InChI is InChI=1S/C14H18N4O2S/c19-21(20,18-10-2-1-3-11-18)17-13-6-4-12(5-7-13)14-8-9-15-16-14/h4-9,17H,1-3,10-11H2,(H,15,16). The third-order valence-electron chi connectivity index (χ3n) is 3.60. The van der Waals surface area contributed by atoms with Crippen LogP contribution in [0.5, 0.6) is 0 Å². The molecule has 1 fully saturated rings. The van der Waals surface area contributed by atoms with Gasteiger partial charge in [0, 0.05) is 25.0 Å². The Balaban J connectivity index is 1.72. The maximum Gasteiger partial charge on any atom is 0.301 e. The molecule has 0 radical (unpaired) electrons. The first-order valence-corrected chi connectivity index (χ1v) is 8.47. The van der Waals surface area contributed by atoms with Gasteiger partial charge in [-0.25, -0.2) is 0 Å². The average molecular weight is 306 g/mol. The van der Waals surface area contributed by atoms with E-state index in [4.69, 9.17) is 0 Å². The molecule has 1 aliphatic rings. The van der Waals surface area contributed by atoms with E-state index in [1.165, 1.54) is 4.31 Å². The molecule has 2 N–H and O–H groups in total. The van der Waals surface area contributed by atoms with Crippen LogP contribution in [-0.4, -0.2) is 36.0 Å². The Morgan fingerprint density at radius 3 is 2.38 bits per heavy atom. The van der Waals surface area contributed by atoms with E-state index in [-0.39, 0.29) is 0 Å². The van der Waals surface area contributed by atoms with E-state index in [1.54, 1.807) is 18.3 Å². The molecule has 2 aromatic rings. The number of benzene rings is 1. The zero-order valence-corrected chi connectivity index (χ0v) is 12.4. The van der Waals surface area contributed by atoms with Gasteiger partial charge in [-0.2, -0.15) is 17.8 Å². The summed E-state index contributed by atoms with van der Waals surface area (Å²) in [6.07, 6.45) is 4.65. The average Bonchev–Trinajstić information content (AvgIpc) is 3.03. The summed E-state index contributed by atoms with van der Waals surface area (Å²) in [5.74, 6) is 0. The number of H-pyrrole nitrogens is 1. The van der Waals surface area contributed by atoms with Gasteiger partial charge in [0.2, 0.25) is 0 Å². The van der Waals surface area contributed by atoms with E-state index in [2.05, 4.69) is 14.9 Å². The summed E-state index contributed by atoms with van der Waals surface area (Å²) in [5.41, 5.74) is 2.44. The van der Waals surface area contributed by atoms with Crippen LogP contribution in [0.4, 0.5) is 5.69 Å². The van der Waals surface area contributed by atoms with Gasteiger partial charge in [0.15, 0.2) is 0 Å². The quantitative estimate of drug-likeness (QED) is 0.909. The van der Waals surface area contributed by atoms with Crippen molar-refractivity contribution in [1.29, 1.82) is 0 Å². The lowest BCUT2D eigenvalue weighted by atomic mass is 10.1. The molecule has 0 spiro atoms. The first-order valence-electron chi connectivity index (χ1n) is 7.03. The van der Waals surface area contributed by atoms with Gasteiger partial charge in [0.1, 0.15) is 0 Å². The van der Waals surface area contributed by atoms with Crippen molar-refractivity contribution < 1.29 is 8.42 Å². The van der Waals surface area contributed by atoms with Crippen LogP contribution in [0.15, 0.2) is 36.5 Å². The van der Waals surface area contributed by atoms with Crippen molar-refractivity contribution in [1.82, 2.24) is 14.5 Å². The van der Waals surface area contributed by atoms with E-state index in [9.17, 15) is 8.42 Å². The Kier molecular flexibility index (Phi) is 3.94. The highest BCUT2D eigenvalue weighted by atomic mass is 32.2. The molecule has 1 aliphatic heterocycles. The van der Waals surface area contributed by atoms with Crippen molar-refractivity contribution in [2.75, 3.05) is 17.8 Å². The minimum Gasteiger partial charge on any atom is -0.278 e. The topological polar surface area (TPSA) is 78.1 Å². The summed E-state index contributed by atoms with van der Waals surface area (Å²) in [4.78, 5) is 0. The number of nitrogens with zero attached hydrogens (tertiary/aromatic N) is 2. The van der Waals surface area contributed by atoms with E-state index in [0.717, 1.165) is 30.5 Å². The number of rotatable bonds is 4. The lowest BCUT2D eigenvalue weighted by molar-refractivity contribution is 0.349. The number of piperidine rings is 1. The largest absolute Gasteiger partial charge is 0.301 e. The van der Waals surface area contributed by atoms with Gasteiger partial charge in [-0.3, -0.25) is 9.82 Å². The smallest absolute Gasteiger partial charge is 0.278 e. The molecule has 1 aromatic heterocycles. The van der Waals surface area contributed by atoms with Crippen molar-refractivity contribution in [2.24, 2.45) is 0 Å². The van der Waals surface area contributed by atoms with Crippen LogP contribution in [0, 0.1) is 0 Å². The Hall–Kier alpha value is -1.86. The van der Waals surface area contributed by atoms with Gasteiger partial charge in [0.05, 0.1) is 5.69 Å². The molecule has 2 heterocycles. The van der Waals surface area contributed by atoms with Crippen LogP contribution < -0.4 is 4.72 Å². The Morgan fingerprint density at radius 1 is 1.05 bits per heavy atom. The summed E-state index contributed by atoms with van der Waals surface area (Å²) in [7, 11) is -3.44. The second-order valence-corrected chi connectivity index (χ2v) is 6.79. The molecule has 1 saturated heterocycles. The highest BCUT2D eigenvalue weighted by Gasteiger charge is 2.23. The lowest BCUT2D eigenvalue weighted by Crippen LogP contribution is -2.39. The SMILES string of the molecule is O=S(=O)(Nc1ccc(-c2ccn[nH]2)cc1)N1CCCCC1. The van der Waals surface area contributed by atoms with Crippen molar-refractivity contribution in [3.05, 3.63) is 36.5 Å². The molecule has 0 amide bonds. The first-order chi connectivity index (χ1) is 10.1. The van der Waals surface area contributed by atoms with Crippen LogP contribution in [0.1, 0.15) is 19.3 Å². The lowest BCUT2D eigenvalue weighted by Gasteiger charge is -2.26. The van der Waals surface area contributed by atoms with Gasteiger partial charge < -0.3 is 0 Å². The summed E-state index contributed by atoms with van der Waals surface area (Å²) in [6, 6.07) is 9.12. The van der Waals surface area contributed by atoms with E-state index in [1.807, 2.05) is 18.2 Å². The number of aromatic amines is 1. The zero-order valence-electron chi connectivity index (χ0n) is 11.6. The predicted molar refractivity (Wildman–Crippen MR) is 82.0 cm³/mol. The number of hydrogen-bond acceptors (Lipinski definition) is 3. The highest BCUT2D eigenvalue weighted by molar-refractivity contribution is 7.90. The second-order valence-electron chi connectivity index (χ2n) is 5.11. The summed E-state index contributed by atoms with van der Waals surface area (Å²) >= 11 is 0. The fourth-order valence-electron chi connectivity index (χ4n) is 2.45. The molecule has 1 aromatic carbocycles. The van der Waals surface area contributed by atoms with E-state index < -0.39 is 10.2 Å². The van der Waals surface area contributed by atoms with Gasteiger partial charge in [-0.15, -0.1) is 0 Å². The second kappa shape index (κ2) is 5.87. The number of anilines is 1. The summed E-state index contributed by atoms with van der Waals surface area (Å²) < 4.78 is 28.7. The summed E-state index contributed by atoms with van der Waals surface area (Å²) in [5, 5.41) is 6.77. The van der Waals surface area contributed by atoms with E-state index in [0.29, 0.717) is 18.8 Å². The van der Waals surface area contributed by atoms with Crippen LogP contribution in [0.25, 0.3) is 11.3 Å². The monoisotopic (exact) mass is 306 g/mol. The Labute approximate surface area is 124 Å². The molecule has 0 aliphatic carbocycles. The highest BCUT2D eigenvalue weighted by Crippen LogP contribution is 2.21. The van der Waals surface area contributed by atoms with E-state index >= 15 is 0 Å². The van der Waals surface area contributed by atoms with Crippen molar-refractivity contribution in [2.45, 2.75) is 19.3 Å². The molecule has 0 atom stereocenters. The first kappa shape index (κ1) is 14.1. The maximum absolute atomic E-state index is 12.3. The molecule has 6 nitrogen and oxygen atoms in total. The fraction of sp³-hybridized carbons (Fsp3) is 0.357. The molecule has 21 heavy (non-hydrogen) atoms. The van der Waals surface area contributed by atoms with Crippen molar-refractivity contribution in [3.63, 3.8) is 0 Å². The van der Waals surface area contributed by atoms with Crippen molar-refractivity contribution in [3.8, 4) is 11.3 Å². The summed E-state index contributed by atoms with van der Waals surface area (Å²) in [6.45, 7) is 1.20. The molecular formula is C14H18N4O2S. The Bertz CT molecular complexity index is 674. The minimum atomic E-state index is -3.44. The molecule has 0 bridgehead atoms. The van der Waals surface area contributed by atoms with Crippen LogP contribution in [-0.2, 0) is 10.2 Å². The van der Waals surface area contributed by atoms with Crippen LogP contribution >= 0.6 is 0 Å². The molecule has 3 rings (SSSR count). The molecule has 0 unspecified atom stereocenters. The Morgan fingerprint density at radius 2 is 1.76 bits per heavy atom. The van der Waals surface area contributed by atoms with Crippen molar-refractivity contribution >= 4 is 15.9 Å². The predicted octanol–water partition coefficient (Wildman–Crippen LogP) is 2.22. The van der Waals surface area contributed by atoms with Gasteiger partial charge in [-0.1, -0.05) is 18.6 Å². The minimum absolute atomic E-state index is 0.573. The van der Waals surface area contributed by atoms with Crippen LogP contribution in [0.2, 0.25) is 0 Å². The number of nitrogens with one attached hydrogen (secondary N) is 2. The van der Waals surface area contributed by atoms with Gasteiger partial charge in [-0.05, 0) is 36.6 Å². The zero-order chi connectivity index (χ0) is 14.7. The third kappa shape index (κ3) is 3.25. The molecule has 0 saturated carbocycles. The molecule has 7 heteroatoms. The fourth-order valence-corrected chi connectivity index (χ4v) is 3.76. The number of aromatic nitrogens is 2. The maximum atomic E-state index is 12.3.